The van der Waals surface area contributed by atoms with E-state index >= 15 is 0 Å². The highest BCUT2D eigenvalue weighted by Gasteiger charge is 2.32. The molecule has 1 atom stereocenters. The van der Waals surface area contributed by atoms with E-state index in [1.807, 2.05) is 6.92 Å². The van der Waals surface area contributed by atoms with Gasteiger partial charge in [-0.25, -0.2) is 18.4 Å². The Morgan fingerprint density at radius 1 is 1.31 bits per heavy atom. The van der Waals surface area contributed by atoms with Gasteiger partial charge < -0.3 is 10.1 Å². The van der Waals surface area contributed by atoms with Gasteiger partial charge >= 0.3 is 6.01 Å². The number of aromatic nitrogens is 2. The molecule has 9 heteroatoms. The lowest BCUT2D eigenvalue weighted by molar-refractivity contribution is -0.114. The minimum atomic E-state index is -3.67. The van der Waals surface area contributed by atoms with Crippen molar-refractivity contribution >= 4 is 21.6 Å². The fourth-order valence-electron chi connectivity index (χ4n) is 3.31. The van der Waals surface area contributed by atoms with Crippen molar-refractivity contribution in [2.24, 2.45) is 0 Å². The van der Waals surface area contributed by atoms with Gasteiger partial charge in [0.2, 0.25) is 15.9 Å². The number of nitrogens with zero attached hydrogens (tertiary/aromatic N) is 3. The van der Waals surface area contributed by atoms with Gasteiger partial charge in [0.25, 0.3) is 0 Å². The molecule has 1 aromatic carbocycles. The van der Waals surface area contributed by atoms with Crippen molar-refractivity contribution in [1.29, 1.82) is 0 Å². The van der Waals surface area contributed by atoms with Crippen molar-refractivity contribution < 1.29 is 17.9 Å². The summed E-state index contributed by atoms with van der Waals surface area (Å²) in [5.41, 5.74) is 2.17. The van der Waals surface area contributed by atoms with Gasteiger partial charge in [-0.05, 0) is 55.5 Å². The number of carbonyl (C=O) groups excluding carboxylic acids is 1. The van der Waals surface area contributed by atoms with E-state index in [1.165, 1.54) is 17.3 Å². The Kier molecular flexibility index (Phi) is 6.49. The topological polar surface area (TPSA) is 101 Å². The minimum absolute atomic E-state index is 0.204. The monoisotopic (exact) mass is 418 g/mol. The second-order valence-electron chi connectivity index (χ2n) is 7.13. The molecule has 2 aromatic rings. The van der Waals surface area contributed by atoms with E-state index in [2.05, 4.69) is 15.3 Å². The second-order valence-corrected chi connectivity index (χ2v) is 9.04. The first-order valence-corrected chi connectivity index (χ1v) is 11.1. The Morgan fingerprint density at radius 3 is 2.66 bits per heavy atom. The third kappa shape index (κ3) is 5.10. The number of hydrogen-bond donors (Lipinski definition) is 1. The number of hydrogen-bond acceptors (Lipinski definition) is 6. The van der Waals surface area contributed by atoms with Crippen LogP contribution in [0.4, 0.5) is 5.69 Å². The molecular weight excluding hydrogens is 392 g/mol. The molecular formula is C20H26N4O4S. The summed E-state index contributed by atoms with van der Waals surface area (Å²) in [4.78, 5) is 19.8. The van der Waals surface area contributed by atoms with Crippen LogP contribution in [0.3, 0.4) is 0 Å². The van der Waals surface area contributed by atoms with Gasteiger partial charge in [-0.15, -0.1) is 0 Å². The van der Waals surface area contributed by atoms with Gasteiger partial charge in [0.05, 0.1) is 11.4 Å². The molecule has 3 rings (SSSR count). The number of ether oxygens (including phenoxy) is 1. The lowest BCUT2D eigenvalue weighted by Gasteiger charge is -2.32. The predicted molar refractivity (Wildman–Crippen MR) is 109 cm³/mol. The Morgan fingerprint density at radius 2 is 2.03 bits per heavy atom. The van der Waals surface area contributed by atoms with Gasteiger partial charge in [0, 0.05) is 31.5 Å². The van der Waals surface area contributed by atoms with Crippen molar-refractivity contribution in [3.8, 4) is 6.01 Å². The maximum Gasteiger partial charge on any atom is 0.316 e. The van der Waals surface area contributed by atoms with E-state index in [1.54, 1.807) is 31.5 Å². The van der Waals surface area contributed by atoms with Crippen LogP contribution in [0, 0.1) is 6.92 Å². The molecule has 1 aliphatic rings. The first kappa shape index (κ1) is 21.2. The molecule has 1 aromatic heterocycles. The molecule has 0 radical (unpaired) electrons. The minimum Gasteiger partial charge on any atom is -0.459 e. The molecule has 1 unspecified atom stereocenters. The van der Waals surface area contributed by atoms with E-state index in [-0.39, 0.29) is 29.5 Å². The average molecular weight is 419 g/mol. The number of anilines is 1. The van der Waals surface area contributed by atoms with Gasteiger partial charge in [-0.2, -0.15) is 4.31 Å². The molecule has 29 heavy (non-hydrogen) atoms. The van der Waals surface area contributed by atoms with Gasteiger partial charge in [0.1, 0.15) is 6.10 Å². The Hall–Kier alpha value is -2.52. The molecule has 0 aliphatic carbocycles. The Balaban J connectivity index is 1.73. The summed E-state index contributed by atoms with van der Waals surface area (Å²) < 4.78 is 33.6. The summed E-state index contributed by atoms with van der Waals surface area (Å²) in [5, 5.41) is 2.67. The Labute approximate surface area is 171 Å². The number of nitrogens with one attached hydrogen (secondary N) is 1. The molecule has 1 N–H and O–H groups in total. The molecule has 0 saturated carbocycles. The fraction of sp³-hybridized carbons (Fsp3) is 0.450. The van der Waals surface area contributed by atoms with Crippen LogP contribution in [0.2, 0.25) is 0 Å². The van der Waals surface area contributed by atoms with E-state index in [0.29, 0.717) is 24.2 Å². The van der Waals surface area contributed by atoms with Crippen LogP contribution in [-0.4, -0.2) is 47.8 Å². The van der Waals surface area contributed by atoms with E-state index in [0.717, 1.165) is 18.4 Å². The lowest BCUT2D eigenvalue weighted by atomic mass is 10.1. The largest absolute Gasteiger partial charge is 0.459 e. The zero-order chi connectivity index (χ0) is 21.0. The van der Waals surface area contributed by atoms with Crippen molar-refractivity contribution in [2.75, 3.05) is 18.4 Å². The number of piperidine rings is 1. The summed E-state index contributed by atoms with van der Waals surface area (Å²) in [7, 11) is -3.67. The third-order valence-corrected chi connectivity index (χ3v) is 6.84. The number of sulfonamides is 1. The Bertz CT molecular complexity index is 976. The molecule has 1 amide bonds. The number of carbonyl (C=O) groups is 1. The highest BCUT2D eigenvalue weighted by atomic mass is 32.2. The maximum atomic E-state index is 13.2. The van der Waals surface area contributed by atoms with Gasteiger partial charge in [-0.1, -0.05) is 6.92 Å². The standard InChI is InChI=1S/C20H26N4O4S/c1-4-16-11-21-20(22-12-16)28-18-6-5-9-24(13-18)29(26,27)19-8-7-17(10-14(19)2)23-15(3)25/h7-8,10-12,18H,4-6,9,13H2,1-3H3,(H,23,25). The zero-order valence-electron chi connectivity index (χ0n) is 16.9. The summed E-state index contributed by atoms with van der Waals surface area (Å²) in [6.07, 6.45) is 5.42. The summed E-state index contributed by atoms with van der Waals surface area (Å²) in [6.45, 7) is 5.83. The van der Waals surface area contributed by atoms with Gasteiger partial charge in [0.15, 0.2) is 0 Å². The first-order valence-electron chi connectivity index (χ1n) is 9.65. The van der Waals surface area contributed by atoms with Crippen molar-refractivity contribution in [2.45, 2.75) is 51.0 Å². The van der Waals surface area contributed by atoms with Crippen LogP contribution in [-0.2, 0) is 21.2 Å². The SMILES string of the molecule is CCc1cnc(OC2CCCN(S(=O)(=O)c3ccc(NC(C)=O)cc3C)C2)nc1. The highest BCUT2D eigenvalue weighted by molar-refractivity contribution is 7.89. The number of aryl methyl sites for hydroxylation is 2. The van der Waals surface area contributed by atoms with E-state index in [9.17, 15) is 13.2 Å². The predicted octanol–water partition coefficient (Wildman–Crippen LogP) is 2.54. The molecule has 1 saturated heterocycles. The molecule has 1 aliphatic heterocycles. The molecule has 156 valence electrons. The lowest BCUT2D eigenvalue weighted by Crippen LogP contribution is -2.44. The molecule has 0 bridgehead atoms. The van der Waals surface area contributed by atoms with Crippen molar-refractivity contribution in [3.63, 3.8) is 0 Å². The number of rotatable bonds is 6. The van der Waals surface area contributed by atoms with Crippen molar-refractivity contribution in [1.82, 2.24) is 14.3 Å². The zero-order valence-corrected chi connectivity index (χ0v) is 17.7. The number of benzene rings is 1. The van der Waals surface area contributed by atoms with Crippen molar-refractivity contribution in [3.05, 3.63) is 41.7 Å². The van der Waals surface area contributed by atoms with Gasteiger partial charge in [-0.3, -0.25) is 4.79 Å². The number of amides is 1. The van der Waals surface area contributed by atoms with Crippen LogP contribution in [0.1, 0.15) is 37.8 Å². The van der Waals surface area contributed by atoms with E-state index in [4.69, 9.17) is 4.74 Å². The quantitative estimate of drug-likeness (QED) is 0.774. The van der Waals surface area contributed by atoms with Crippen LogP contribution in [0.5, 0.6) is 6.01 Å². The normalized spacial score (nSPS) is 17.7. The summed E-state index contributed by atoms with van der Waals surface area (Å²) in [5.74, 6) is -0.204. The molecule has 2 heterocycles. The smallest absolute Gasteiger partial charge is 0.316 e. The maximum absolute atomic E-state index is 13.2. The van der Waals surface area contributed by atoms with Crippen LogP contribution >= 0.6 is 0 Å². The summed E-state index contributed by atoms with van der Waals surface area (Å²) in [6, 6.07) is 5.06. The fourth-order valence-corrected chi connectivity index (χ4v) is 5.03. The van der Waals surface area contributed by atoms with Crippen LogP contribution in [0.25, 0.3) is 0 Å². The first-order chi connectivity index (χ1) is 13.8. The second kappa shape index (κ2) is 8.87. The average Bonchev–Trinajstić information content (AvgIpc) is 2.68. The molecule has 0 spiro atoms. The highest BCUT2D eigenvalue weighted by Crippen LogP contribution is 2.26. The molecule has 8 nitrogen and oxygen atoms in total. The summed E-state index contributed by atoms with van der Waals surface area (Å²) >= 11 is 0. The molecule has 1 fully saturated rings. The third-order valence-electron chi connectivity index (χ3n) is 4.82. The van der Waals surface area contributed by atoms with E-state index < -0.39 is 10.0 Å². The van der Waals surface area contributed by atoms with Crippen LogP contribution < -0.4 is 10.1 Å². The van der Waals surface area contributed by atoms with Crippen LogP contribution in [0.15, 0.2) is 35.5 Å².